The molecule has 0 bridgehead atoms. The summed E-state index contributed by atoms with van der Waals surface area (Å²) in [6.07, 6.45) is 2.49. The number of thioether (sulfide) groups is 1. The molecule has 1 atom stereocenters. The highest BCUT2D eigenvalue weighted by Gasteiger charge is 2.48. The van der Waals surface area contributed by atoms with E-state index in [2.05, 4.69) is 16.8 Å². The van der Waals surface area contributed by atoms with Crippen LogP contribution in [0.4, 0.5) is 5.13 Å². The summed E-state index contributed by atoms with van der Waals surface area (Å²) in [4.78, 5) is 28.4. The van der Waals surface area contributed by atoms with Crippen LogP contribution in [-0.2, 0) is 15.3 Å². The number of anilines is 1. The van der Waals surface area contributed by atoms with Crippen LogP contribution in [0, 0.1) is 0 Å². The number of hydrogen-bond acceptors (Lipinski definition) is 9. The first-order valence-corrected chi connectivity index (χ1v) is 15.2. The van der Waals surface area contributed by atoms with Crippen molar-refractivity contribution < 1.29 is 24.2 Å². The zero-order chi connectivity index (χ0) is 29.5. The minimum absolute atomic E-state index is 0.0446. The van der Waals surface area contributed by atoms with Gasteiger partial charge >= 0.3 is 5.91 Å². The predicted molar refractivity (Wildman–Crippen MR) is 165 cm³/mol. The maximum Gasteiger partial charge on any atom is 0.301 e. The monoisotopic (exact) mass is 599 g/mol. The van der Waals surface area contributed by atoms with Gasteiger partial charge in [-0.2, -0.15) is 0 Å². The Labute approximate surface area is 252 Å². The normalized spacial score (nSPS) is 16.0. The van der Waals surface area contributed by atoms with Gasteiger partial charge in [0.1, 0.15) is 23.9 Å². The molecule has 1 saturated heterocycles. The van der Waals surface area contributed by atoms with Crippen LogP contribution in [-0.4, -0.2) is 40.2 Å². The van der Waals surface area contributed by atoms with Crippen molar-refractivity contribution >= 4 is 45.7 Å². The molecule has 1 aliphatic rings. The van der Waals surface area contributed by atoms with Crippen molar-refractivity contribution in [2.45, 2.75) is 29.5 Å². The van der Waals surface area contributed by atoms with Crippen LogP contribution in [0.5, 0.6) is 11.5 Å². The number of Topliss-reactive ketones (excluding diaryl/α,β-unsaturated/α-hetero) is 1. The number of aromatic nitrogens is 2. The fourth-order valence-corrected chi connectivity index (χ4v) is 6.26. The highest BCUT2D eigenvalue weighted by molar-refractivity contribution is 8.00. The fourth-order valence-electron chi connectivity index (χ4n) is 4.44. The van der Waals surface area contributed by atoms with Gasteiger partial charge in [-0.25, -0.2) is 0 Å². The van der Waals surface area contributed by atoms with Gasteiger partial charge in [-0.05, 0) is 53.9 Å². The summed E-state index contributed by atoms with van der Waals surface area (Å²) in [6.45, 7) is 6.55. The van der Waals surface area contributed by atoms with Crippen LogP contribution in [0.1, 0.15) is 36.1 Å². The molecule has 4 aromatic rings. The first kappa shape index (κ1) is 29.1. The van der Waals surface area contributed by atoms with Gasteiger partial charge in [-0.1, -0.05) is 85.1 Å². The van der Waals surface area contributed by atoms with Crippen molar-refractivity contribution in [3.63, 3.8) is 0 Å². The maximum absolute atomic E-state index is 13.6. The maximum atomic E-state index is 13.6. The lowest BCUT2D eigenvalue weighted by Gasteiger charge is -2.23. The lowest BCUT2D eigenvalue weighted by Crippen LogP contribution is -2.29. The van der Waals surface area contributed by atoms with Gasteiger partial charge in [0.15, 0.2) is 4.34 Å². The number of nitrogens with zero attached hydrogens (tertiary/aromatic N) is 3. The second kappa shape index (κ2) is 13.5. The third kappa shape index (κ3) is 6.40. The fraction of sp³-hybridized carbons (Fsp3) is 0.188. The van der Waals surface area contributed by atoms with E-state index >= 15 is 0 Å². The highest BCUT2D eigenvalue weighted by Crippen LogP contribution is 2.44. The quantitative estimate of drug-likeness (QED) is 0.0473. The Bertz CT molecular complexity index is 1600. The second-order valence-electron chi connectivity index (χ2n) is 9.34. The van der Waals surface area contributed by atoms with E-state index in [4.69, 9.17) is 9.47 Å². The van der Waals surface area contributed by atoms with Crippen molar-refractivity contribution in [1.29, 1.82) is 0 Å². The van der Waals surface area contributed by atoms with Gasteiger partial charge in [-0.3, -0.25) is 14.5 Å². The molecule has 1 aromatic heterocycles. The Morgan fingerprint density at radius 3 is 2.55 bits per heavy atom. The smallest absolute Gasteiger partial charge is 0.301 e. The number of hydrogen-bond donors (Lipinski definition) is 1. The van der Waals surface area contributed by atoms with E-state index in [1.54, 1.807) is 54.6 Å². The van der Waals surface area contributed by atoms with Gasteiger partial charge in [0.2, 0.25) is 5.13 Å². The minimum Gasteiger partial charge on any atom is -0.507 e. The van der Waals surface area contributed by atoms with E-state index in [-0.39, 0.29) is 23.1 Å². The Hall–Kier alpha value is -4.41. The van der Waals surface area contributed by atoms with Gasteiger partial charge in [-0.15, -0.1) is 10.2 Å². The van der Waals surface area contributed by atoms with Crippen LogP contribution in [0.15, 0.2) is 101 Å². The van der Waals surface area contributed by atoms with Crippen molar-refractivity contribution in [3.05, 3.63) is 114 Å². The van der Waals surface area contributed by atoms with Crippen LogP contribution >= 0.6 is 23.1 Å². The SMILES string of the molecule is C=CCOc1cccc(C2C(=C(O)c3ccc(OCCC)cc3)C(=O)C(=O)N2c2nnc(SCc3ccccc3)s2)c1. The number of benzene rings is 3. The van der Waals surface area contributed by atoms with Crippen LogP contribution in [0.25, 0.3) is 5.76 Å². The van der Waals surface area contributed by atoms with E-state index in [0.29, 0.717) is 39.3 Å². The standard InChI is InChI=1S/C32H29N3O5S2/c1-3-17-39-24-15-13-22(14-16-24)28(36)26-27(23-11-8-12-25(19-23)40-18-4-2)35(30(38)29(26)37)31-33-34-32(42-31)41-20-21-9-6-5-7-10-21/h4-16,19,27,36H,2-3,17-18,20H2,1H3. The number of amides is 1. The minimum atomic E-state index is -0.951. The lowest BCUT2D eigenvalue weighted by molar-refractivity contribution is -0.132. The van der Waals surface area contributed by atoms with Crippen LogP contribution < -0.4 is 14.4 Å². The molecule has 0 spiro atoms. The topological polar surface area (TPSA) is 102 Å². The molecule has 5 rings (SSSR count). The summed E-state index contributed by atoms with van der Waals surface area (Å²) >= 11 is 2.71. The summed E-state index contributed by atoms with van der Waals surface area (Å²) in [5.74, 6) is -0.0343. The second-order valence-corrected chi connectivity index (χ2v) is 11.5. The molecule has 3 aromatic carbocycles. The molecule has 0 radical (unpaired) electrons. The Kier molecular flexibility index (Phi) is 9.35. The van der Waals surface area contributed by atoms with E-state index in [1.165, 1.54) is 28.0 Å². The highest BCUT2D eigenvalue weighted by atomic mass is 32.2. The summed E-state index contributed by atoms with van der Waals surface area (Å²) in [5, 5.41) is 20.3. The van der Waals surface area contributed by atoms with Gasteiger partial charge in [0, 0.05) is 11.3 Å². The first-order chi connectivity index (χ1) is 20.5. The number of rotatable bonds is 12. The molecule has 42 heavy (non-hydrogen) atoms. The number of aliphatic hydroxyl groups excluding tert-OH is 1. The molecule has 1 unspecified atom stereocenters. The summed E-state index contributed by atoms with van der Waals surface area (Å²) < 4.78 is 12.0. The predicted octanol–water partition coefficient (Wildman–Crippen LogP) is 6.81. The molecular weight excluding hydrogens is 571 g/mol. The summed E-state index contributed by atoms with van der Waals surface area (Å²) in [7, 11) is 0. The van der Waals surface area contributed by atoms with E-state index in [1.807, 2.05) is 37.3 Å². The Balaban J connectivity index is 1.53. The molecule has 8 nitrogen and oxygen atoms in total. The number of ether oxygens (including phenoxy) is 2. The number of ketones is 1. The largest absolute Gasteiger partial charge is 0.507 e. The molecule has 0 aliphatic carbocycles. The molecular formula is C32H29N3O5S2. The van der Waals surface area contributed by atoms with Crippen LogP contribution in [0.2, 0.25) is 0 Å². The third-order valence-electron chi connectivity index (χ3n) is 6.39. The summed E-state index contributed by atoms with van der Waals surface area (Å²) in [6, 6.07) is 22.9. The zero-order valence-corrected chi connectivity index (χ0v) is 24.6. The van der Waals surface area contributed by atoms with Crippen molar-refractivity contribution in [1.82, 2.24) is 10.2 Å². The molecule has 10 heteroatoms. The number of aliphatic hydroxyl groups is 1. The molecule has 214 valence electrons. The molecule has 1 N–H and O–H groups in total. The van der Waals surface area contributed by atoms with E-state index < -0.39 is 17.7 Å². The van der Waals surface area contributed by atoms with E-state index in [9.17, 15) is 14.7 Å². The lowest BCUT2D eigenvalue weighted by atomic mass is 9.95. The molecule has 2 heterocycles. The number of carbonyl (C=O) groups is 2. The molecule has 1 amide bonds. The Morgan fingerprint density at radius 2 is 1.81 bits per heavy atom. The van der Waals surface area contributed by atoms with Crippen molar-refractivity contribution in [2.75, 3.05) is 18.1 Å². The molecule has 1 fully saturated rings. The van der Waals surface area contributed by atoms with Crippen molar-refractivity contribution in [3.8, 4) is 11.5 Å². The zero-order valence-electron chi connectivity index (χ0n) is 22.9. The average molecular weight is 600 g/mol. The van der Waals surface area contributed by atoms with Gasteiger partial charge < -0.3 is 14.6 Å². The summed E-state index contributed by atoms with van der Waals surface area (Å²) in [5.41, 5.74) is 2.05. The van der Waals surface area contributed by atoms with E-state index in [0.717, 1.165) is 12.0 Å². The first-order valence-electron chi connectivity index (χ1n) is 13.4. The molecule has 0 saturated carbocycles. The average Bonchev–Trinajstić information content (AvgIpc) is 3.60. The van der Waals surface area contributed by atoms with Gasteiger partial charge in [0.05, 0.1) is 18.2 Å². The number of carbonyl (C=O) groups excluding carboxylic acids is 2. The van der Waals surface area contributed by atoms with Gasteiger partial charge in [0.25, 0.3) is 5.78 Å². The molecule has 1 aliphatic heterocycles. The van der Waals surface area contributed by atoms with Crippen molar-refractivity contribution in [2.24, 2.45) is 0 Å². The van der Waals surface area contributed by atoms with Crippen LogP contribution in [0.3, 0.4) is 0 Å². The third-order valence-corrected chi connectivity index (χ3v) is 8.52. The Morgan fingerprint density at radius 1 is 1.02 bits per heavy atom.